The molecule has 3 fully saturated rings. The van der Waals surface area contributed by atoms with E-state index in [0.29, 0.717) is 12.0 Å². The summed E-state index contributed by atoms with van der Waals surface area (Å²) in [5, 5.41) is 3.36. The molecule has 1 amide bonds. The molecule has 3 saturated heterocycles. The van der Waals surface area contributed by atoms with Gasteiger partial charge >= 0.3 is 0 Å². The molecule has 146 valence electrons. The van der Waals surface area contributed by atoms with E-state index in [0.717, 1.165) is 24.3 Å². The van der Waals surface area contributed by atoms with Crippen LogP contribution in [0.15, 0.2) is 47.4 Å². The molecule has 4 aliphatic heterocycles. The highest BCUT2D eigenvalue weighted by molar-refractivity contribution is 8.01. The third-order valence-electron chi connectivity index (χ3n) is 6.42. The molecule has 4 aliphatic rings. The Balaban J connectivity index is 1.28. The van der Waals surface area contributed by atoms with Crippen molar-refractivity contribution in [2.45, 2.75) is 35.4 Å². The minimum Gasteiger partial charge on any atom is -0.497 e. The molecule has 28 heavy (non-hydrogen) atoms. The number of ether oxygens (including phenoxy) is 1. The van der Waals surface area contributed by atoms with Gasteiger partial charge in [0.15, 0.2) is 0 Å². The lowest BCUT2D eigenvalue weighted by molar-refractivity contribution is -0.122. The Morgan fingerprint density at radius 3 is 2.71 bits per heavy atom. The molecule has 1 N–H and O–H groups in total. The van der Waals surface area contributed by atoms with E-state index in [2.05, 4.69) is 40.5 Å². The maximum absolute atomic E-state index is 12.9. The fourth-order valence-electron chi connectivity index (χ4n) is 4.76. The van der Waals surface area contributed by atoms with Crippen molar-refractivity contribution in [2.24, 2.45) is 5.92 Å². The van der Waals surface area contributed by atoms with Crippen LogP contribution in [0.2, 0.25) is 0 Å². The lowest BCUT2D eigenvalue weighted by Gasteiger charge is -2.45. The third-order valence-corrected chi connectivity index (χ3v) is 7.72. The lowest BCUT2D eigenvalue weighted by Crippen LogP contribution is -2.58. The molecule has 2 aromatic carbocycles. The molecule has 6 rings (SSSR count). The van der Waals surface area contributed by atoms with Crippen molar-refractivity contribution in [2.75, 3.05) is 26.7 Å². The summed E-state index contributed by atoms with van der Waals surface area (Å²) in [5.41, 5.74) is 3.59. The van der Waals surface area contributed by atoms with Crippen LogP contribution in [-0.4, -0.2) is 48.8 Å². The number of nitrogens with one attached hydrogen (secondary N) is 1. The number of methoxy groups -OCH3 is 1. The SMILES string of the molecule is COc1cccc(-c2ccc3c(c2)SC(C(=O)N[C@H]2CN4CCC2CC4)C3)c1. The van der Waals surface area contributed by atoms with Crippen LogP contribution in [-0.2, 0) is 11.2 Å². The number of rotatable bonds is 4. The number of thioether (sulfide) groups is 1. The third kappa shape index (κ3) is 3.42. The maximum atomic E-state index is 12.9. The van der Waals surface area contributed by atoms with Crippen molar-refractivity contribution in [1.29, 1.82) is 0 Å². The van der Waals surface area contributed by atoms with Gasteiger partial charge in [0.25, 0.3) is 0 Å². The van der Waals surface area contributed by atoms with E-state index >= 15 is 0 Å². The first-order chi connectivity index (χ1) is 13.7. The van der Waals surface area contributed by atoms with Gasteiger partial charge in [0, 0.05) is 17.5 Å². The number of piperidine rings is 3. The molecular formula is C23H26N2O2S. The van der Waals surface area contributed by atoms with Gasteiger partial charge in [0.1, 0.15) is 5.75 Å². The Kier molecular flexibility index (Phi) is 4.81. The number of hydrogen-bond donors (Lipinski definition) is 1. The second-order valence-electron chi connectivity index (χ2n) is 8.12. The molecule has 0 spiro atoms. The van der Waals surface area contributed by atoms with Gasteiger partial charge in [-0.25, -0.2) is 0 Å². The van der Waals surface area contributed by atoms with Gasteiger partial charge in [0.2, 0.25) is 5.91 Å². The van der Waals surface area contributed by atoms with E-state index in [1.165, 1.54) is 42.0 Å². The van der Waals surface area contributed by atoms with Crippen LogP contribution < -0.4 is 10.1 Å². The summed E-state index contributed by atoms with van der Waals surface area (Å²) in [5.74, 6) is 1.74. The molecule has 2 aromatic rings. The highest BCUT2D eigenvalue weighted by atomic mass is 32.2. The van der Waals surface area contributed by atoms with E-state index in [1.807, 2.05) is 12.1 Å². The van der Waals surface area contributed by atoms with E-state index in [1.54, 1.807) is 18.9 Å². The summed E-state index contributed by atoms with van der Waals surface area (Å²) in [4.78, 5) is 16.6. The summed E-state index contributed by atoms with van der Waals surface area (Å²) in [6, 6.07) is 15.0. The molecule has 1 unspecified atom stereocenters. The minimum atomic E-state index is -0.00832. The number of benzene rings is 2. The van der Waals surface area contributed by atoms with Gasteiger partial charge in [-0.05, 0) is 73.2 Å². The molecule has 0 aliphatic carbocycles. The smallest absolute Gasteiger partial charge is 0.234 e. The first-order valence-electron chi connectivity index (χ1n) is 10.2. The van der Waals surface area contributed by atoms with E-state index in [4.69, 9.17) is 4.74 Å². The average Bonchev–Trinajstić information content (AvgIpc) is 3.18. The lowest BCUT2D eigenvalue weighted by atomic mass is 9.84. The number of carbonyl (C=O) groups excluding carboxylic acids is 1. The van der Waals surface area contributed by atoms with Crippen LogP contribution >= 0.6 is 11.8 Å². The van der Waals surface area contributed by atoms with Crippen LogP contribution in [0.4, 0.5) is 0 Å². The first kappa shape index (κ1) is 18.1. The molecule has 0 saturated carbocycles. The van der Waals surface area contributed by atoms with Gasteiger partial charge in [0.05, 0.1) is 12.4 Å². The Labute approximate surface area is 170 Å². The van der Waals surface area contributed by atoms with Gasteiger partial charge in [-0.2, -0.15) is 0 Å². The Bertz CT molecular complexity index is 892. The van der Waals surface area contributed by atoms with Crippen molar-refractivity contribution in [3.63, 3.8) is 0 Å². The largest absolute Gasteiger partial charge is 0.497 e. The minimum absolute atomic E-state index is 0.00832. The number of carbonyl (C=O) groups is 1. The first-order valence-corrected chi connectivity index (χ1v) is 11.0. The fraction of sp³-hybridized carbons (Fsp3) is 0.435. The Hall–Kier alpha value is -1.98. The van der Waals surface area contributed by atoms with Crippen LogP contribution in [0.1, 0.15) is 18.4 Å². The van der Waals surface area contributed by atoms with Crippen LogP contribution in [0.3, 0.4) is 0 Å². The van der Waals surface area contributed by atoms with E-state index in [9.17, 15) is 4.79 Å². The molecule has 2 atom stereocenters. The van der Waals surface area contributed by atoms with Crippen LogP contribution in [0, 0.1) is 5.92 Å². The van der Waals surface area contributed by atoms with Gasteiger partial charge in [-0.3, -0.25) is 4.79 Å². The predicted molar refractivity (Wildman–Crippen MR) is 113 cm³/mol. The van der Waals surface area contributed by atoms with Gasteiger partial charge < -0.3 is 15.0 Å². The fourth-order valence-corrected chi connectivity index (χ4v) is 6.00. The number of amides is 1. The monoisotopic (exact) mass is 394 g/mol. The van der Waals surface area contributed by atoms with Crippen molar-refractivity contribution < 1.29 is 9.53 Å². The highest BCUT2D eigenvalue weighted by Gasteiger charge is 2.37. The quantitative estimate of drug-likeness (QED) is 0.861. The second kappa shape index (κ2) is 7.45. The molecule has 0 radical (unpaired) electrons. The van der Waals surface area contributed by atoms with Gasteiger partial charge in [-0.15, -0.1) is 11.8 Å². The highest BCUT2D eigenvalue weighted by Crippen LogP contribution is 2.40. The van der Waals surface area contributed by atoms with Crippen molar-refractivity contribution >= 4 is 17.7 Å². The predicted octanol–water partition coefficient (Wildman–Crippen LogP) is 3.59. The average molecular weight is 395 g/mol. The Morgan fingerprint density at radius 2 is 1.96 bits per heavy atom. The molecule has 4 nitrogen and oxygen atoms in total. The van der Waals surface area contributed by atoms with E-state index in [-0.39, 0.29) is 11.2 Å². The van der Waals surface area contributed by atoms with Crippen molar-refractivity contribution in [3.05, 3.63) is 48.0 Å². The molecule has 4 heterocycles. The zero-order valence-corrected chi connectivity index (χ0v) is 17.0. The molecular weight excluding hydrogens is 368 g/mol. The number of nitrogens with zero attached hydrogens (tertiary/aromatic N) is 1. The van der Waals surface area contributed by atoms with E-state index < -0.39 is 0 Å². The number of fused-ring (bicyclic) bond motifs is 4. The molecule has 2 bridgehead atoms. The standard InChI is InChI=1S/C23H26N2O2S/c1-27-19-4-2-3-16(11-19)17-5-6-18-13-22(28-21(18)12-17)23(26)24-20-14-25-9-7-15(20)8-10-25/h2-6,11-12,15,20,22H,7-10,13-14H2,1H3,(H,24,26)/t20-,22?/m0/s1. The topological polar surface area (TPSA) is 41.6 Å². The second-order valence-corrected chi connectivity index (χ2v) is 9.36. The summed E-state index contributed by atoms with van der Waals surface area (Å²) in [7, 11) is 1.69. The van der Waals surface area contributed by atoms with Crippen molar-refractivity contribution in [1.82, 2.24) is 10.2 Å². The Morgan fingerprint density at radius 1 is 1.14 bits per heavy atom. The maximum Gasteiger partial charge on any atom is 0.234 e. The normalized spacial score (nSPS) is 28.0. The molecule has 5 heteroatoms. The summed E-state index contributed by atoms with van der Waals surface area (Å²) < 4.78 is 5.35. The summed E-state index contributed by atoms with van der Waals surface area (Å²) in [6.45, 7) is 3.43. The molecule has 0 aromatic heterocycles. The zero-order chi connectivity index (χ0) is 19.1. The zero-order valence-electron chi connectivity index (χ0n) is 16.2. The summed E-state index contributed by atoms with van der Waals surface area (Å²) >= 11 is 1.71. The van der Waals surface area contributed by atoms with Crippen LogP contribution in [0.25, 0.3) is 11.1 Å². The number of hydrogen-bond acceptors (Lipinski definition) is 4. The van der Waals surface area contributed by atoms with Crippen LogP contribution in [0.5, 0.6) is 5.75 Å². The van der Waals surface area contributed by atoms with Gasteiger partial charge in [-0.1, -0.05) is 24.3 Å². The summed E-state index contributed by atoms with van der Waals surface area (Å²) in [6.07, 6.45) is 3.28. The van der Waals surface area contributed by atoms with Crippen molar-refractivity contribution in [3.8, 4) is 16.9 Å².